The van der Waals surface area contributed by atoms with Gasteiger partial charge in [-0.15, -0.1) is 0 Å². The van der Waals surface area contributed by atoms with E-state index in [4.69, 9.17) is 5.73 Å². The molecule has 23 heavy (non-hydrogen) atoms. The van der Waals surface area contributed by atoms with Gasteiger partial charge in [0.25, 0.3) is 5.56 Å². The van der Waals surface area contributed by atoms with E-state index in [-0.39, 0.29) is 11.5 Å². The molecule has 0 aliphatic carbocycles. The fourth-order valence-electron chi connectivity index (χ4n) is 2.66. The zero-order valence-electron chi connectivity index (χ0n) is 11.9. The summed E-state index contributed by atoms with van der Waals surface area (Å²) >= 11 is 3.41. The molecule has 0 fully saturated rings. The van der Waals surface area contributed by atoms with E-state index in [1.807, 2.05) is 36.4 Å². The SMILES string of the molecule is NC1=NC(c2ccc(Br)cc2)n2c(nc3ccccc3c2=O)N1. The van der Waals surface area contributed by atoms with E-state index >= 15 is 0 Å². The molecule has 0 saturated carbocycles. The molecular formula is C16H12BrN5O. The lowest BCUT2D eigenvalue weighted by atomic mass is 10.1. The molecule has 0 saturated heterocycles. The van der Waals surface area contributed by atoms with E-state index in [1.54, 1.807) is 12.1 Å². The fraction of sp³-hybridized carbons (Fsp3) is 0.0625. The third-order valence-corrected chi connectivity index (χ3v) is 4.25. The largest absolute Gasteiger partial charge is 0.370 e. The molecule has 0 radical (unpaired) electrons. The van der Waals surface area contributed by atoms with Crippen LogP contribution in [0.3, 0.4) is 0 Å². The van der Waals surface area contributed by atoms with Crippen molar-refractivity contribution in [3.05, 3.63) is 68.9 Å². The summed E-state index contributed by atoms with van der Waals surface area (Å²) in [5.74, 6) is 0.634. The molecule has 0 amide bonds. The fourth-order valence-corrected chi connectivity index (χ4v) is 2.92. The van der Waals surface area contributed by atoms with Gasteiger partial charge in [-0.25, -0.2) is 9.98 Å². The highest BCUT2D eigenvalue weighted by Crippen LogP contribution is 2.27. The number of rotatable bonds is 1. The topological polar surface area (TPSA) is 85.3 Å². The van der Waals surface area contributed by atoms with Crippen molar-refractivity contribution in [2.45, 2.75) is 6.17 Å². The van der Waals surface area contributed by atoms with Crippen LogP contribution in [0, 0.1) is 0 Å². The Hall–Kier alpha value is -2.67. The maximum absolute atomic E-state index is 12.9. The number of nitrogens with zero attached hydrogens (tertiary/aromatic N) is 3. The Morgan fingerprint density at radius 3 is 2.65 bits per heavy atom. The first-order valence-electron chi connectivity index (χ1n) is 7.00. The van der Waals surface area contributed by atoms with Crippen molar-refractivity contribution < 1.29 is 0 Å². The molecule has 2 aromatic carbocycles. The summed E-state index contributed by atoms with van der Waals surface area (Å²) in [5.41, 5.74) is 7.21. The summed E-state index contributed by atoms with van der Waals surface area (Å²) in [4.78, 5) is 21.8. The predicted molar refractivity (Wildman–Crippen MR) is 93.5 cm³/mol. The molecule has 0 bridgehead atoms. The van der Waals surface area contributed by atoms with Gasteiger partial charge in [-0.05, 0) is 29.8 Å². The Kier molecular flexibility index (Phi) is 3.16. The molecule has 1 aromatic heterocycles. The van der Waals surface area contributed by atoms with E-state index in [9.17, 15) is 4.79 Å². The second-order valence-electron chi connectivity index (χ2n) is 5.19. The van der Waals surface area contributed by atoms with Crippen LogP contribution in [0.25, 0.3) is 10.9 Å². The Morgan fingerprint density at radius 1 is 1.13 bits per heavy atom. The minimum absolute atomic E-state index is 0.151. The number of hydrogen-bond donors (Lipinski definition) is 2. The number of halogens is 1. The van der Waals surface area contributed by atoms with Crippen LogP contribution in [-0.2, 0) is 0 Å². The Labute approximate surface area is 139 Å². The van der Waals surface area contributed by atoms with Crippen molar-refractivity contribution in [2.24, 2.45) is 10.7 Å². The van der Waals surface area contributed by atoms with Gasteiger partial charge in [0.1, 0.15) is 0 Å². The number of nitrogens with one attached hydrogen (secondary N) is 1. The Balaban J connectivity index is 2.00. The molecule has 3 N–H and O–H groups in total. The monoisotopic (exact) mass is 369 g/mol. The second-order valence-corrected chi connectivity index (χ2v) is 6.11. The number of fused-ring (bicyclic) bond motifs is 2. The maximum Gasteiger partial charge on any atom is 0.264 e. The van der Waals surface area contributed by atoms with Gasteiger partial charge in [-0.3, -0.25) is 14.7 Å². The van der Waals surface area contributed by atoms with Gasteiger partial charge in [-0.2, -0.15) is 0 Å². The summed E-state index contributed by atoms with van der Waals surface area (Å²) < 4.78 is 2.48. The van der Waals surface area contributed by atoms with Gasteiger partial charge in [0, 0.05) is 4.47 Å². The average Bonchev–Trinajstić information content (AvgIpc) is 2.55. The Morgan fingerprint density at radius 2 is 1.87 bits per heavy atom. The Bertz CT molecular complexity index is 994. The second kappa shape index (κ2) is 5.20. The highest BCUT2D eigenvalue weighted by Gasteiger charge is 2.24. The first-order chi connectivity index (χ1) is 11.1. The molecule has 7 heteroatoms. The number of aliphatic imine (C=N–C) groups is 1. The third-order valence-electron chi connectivity index (χ3n) is 3.72. The molecule has 1 unspecified atom stereocenters. The minimum atomic E-state index is -0.538. The maximum atomic E-state index is 12.9. The van der Waals surface area contributed by atoms with E-state index in [2.05, 4.69) is 31.2 Å². The molecule has 1 atom stereocenters. The standard InChI is InChI=1S/C16H12BrN5O/c17-10-7-5-9(6-8-10)13-20-15(18)21-16-19-12-4-2-1-3-11(12)14(23)22(13)16/h1-8,13H,(H3,18,19,20,21). The van der Waals surface area contributed by atoms with E-state index in [0.29, 0.717) is 16.9 Å². The minimum Gasteiger partial charge on any atom is -0.370 e. The number of hydrogen-bond acceptors (Lipinski definition) is 5. The first-order valence-corrected chi connectivity index (χ1v) is 7.80. The van der Waals surface area contributed by atoms with Crippen LogP contribution < -0.4 is 16.6 Å². The number of nitrogens with two attached hydrogens (primary N) is 1. The predicted octanol–water partition coefficient (Wildman–Crippen LogP) is 2.45. The van der Waals surface area contributed by atoms with Crippen LogP contribution in [0.4, 0.5) is 5.95 Å². The summed E-state index contributed by atoms with van der Waals surface area (Å²) in [5, 5.41) is 3.43. The quantitative estimate of drug-likeness (QED) is 0.689. The molecule has 6 nitrogen and oxygen atoms in total. The molecule has 2 heterocycles. The molecule has 4 rings (SSSR count). The third kappa shape index (κ3) is 2.29. The van der Waals surface area contributed by atoms with Crippen LogP contribution in [0.2, 0.25) is 0 Å². The molecule has 0 spiro atoms. The molecule has 1 aliphatic heterocycles. The zero-order chi connectivity index (χ0) is 16.0. The number of guanidine groups is 1. The van der Waals surface area contributed by atoms with Crippen LogP contribution in [-0.4, -0.2) is 15.5 Å². The van der Waals surface area contributed by atoms with Gasteiger partial charge in [0.2, 0.25) is 5.95 Å². The van der Waals surface area contributed by atoms with Crippen LogP contribution in [0.15, 0.2) is 62.8 Å². The van der Waals surface area contributed by atoms with Crippen molar-refractivity contribution in [3.63, 3.8) is 0 Å². The van der Waals surface area contributed by atoms with Crippen molar-refractivity contribution in [2.75, 3.05) is 5.32 Å². The van der Waals surface area contributed by atoms with Crippen molar-refractivity contribution in [3.8, 4) is 0 Å². The summed E-state index contributed by atoms with van der Waals surface area (Å²) in [6.45, 7) is 0. The van der Waals surface area contributed by atoms with Crippen molar-refractivity contribution >= 4 is 38.7 Å². The van der Waals surface area contributed by atoms with Crippen molar-refractivity contribution in [1.82, 2.24) is 9.55 Å². The van der Waals surface area contributed by atoms with Crippen molar-refractivity contribution in [1.29, 1.82) is 0 Å². The highest BCUT2D eigenvalue weighted by molar-refractivity contribution is 9.10. The zero-order valence-corrected chi connectivity index (χ0v) is 13.5. The van der Waals surface area contributed by atoms with Crippen LogP contribution >= 0.6 is 15.9 Å². The lowest BCUT2D eigenvalue weighted by Crippen LogP contribution is -2.38. The van der Waals surface area contributed by atoms with Gasteiger partial charge < -0.3 is 5.73 Å². The molecule has 114 valence electrons. The molecule has 3 aromatic rings. The summed E-state index contributed by atoms with van der Waals surface area (Å²) in [6.07, 6.45) is -0.538. The van der Waals surface area contributed by atoms with E-state index in [1.165, 1.54) is 4.57 Å². The first kappa shape index (κ1) is 14.0. The summed E-state index contributed by atoms with van der Waals surface area (Å²) in [7, 11) is 0. The van der Waals surface area contributed by atoms with Crippen LogP contribution in [0.5, 0.6) is 0 Å². The average molecular weight is 370 g/mol. The molecular weight excluding hydrogens is 358 g/mol. The number of aromatic nitrogens is 2. The molecule has 1 aliphatic rings. The van der Waals surface area contributed by atoms with E-state index < -0.39 is 6.17 Å². The van der Waals surface area contributed by atoms with Gasteiger partial charge in [-0.1, -0.05) is 40.2 Å². The van der Waals surface area contributed by atoms with Gasteiger partial charge in [0.15, 0.2) is 12.1 Å². The van der Waals surface area contributed by atoms with E-state index in [0.717, 1.165) is 10.0 Å². The van der Waals surface area contributed by atoms with Gasteiger partial charge >= 0.3 is 0 Å². The number of anilines is 1. The lowest BCUT2D eigenvalue weighted by Gasteiger charge is -2.25. The smallest absolute Gasteiger partial charge is 0.264 e. The normalized spacial score (nSPS) is 16.6. The highest BCUT2D eigenvalue weighted by atomic mass is 79.9. The number of para-hydroxylation sites is 1. The number of benzene rings is 2. The van der Waals surface area contributed by atoms with Crippen LogP contribution in [0.1, 0.15) is 11.7 Å². The summed E-state index contributed by atoms with van der Waals surface area (Å²) in [6, 6.07) is 14.8. The lowest BCUT2D eigenvalue weighted by molar-refractivity contribution is 0.583. The van der Waals surface area contributed by atoms with Gasteiger partial charge in [0.05, 0.1) is 10.9 Å².